The summed E-state index contributed by atoms with van der Waals surface area (Å²) in [5.74, 6) is -0.269. The van der Waals surface area contributed by atoms with Crippen LogP contribution in [0, 0.1) is 13.8 Å². The van der Waals surface area contributed by atoms with Crippen molar-refractivity contribution in [1.29, 1.82) is 0 Å². The quantitative estimate of drug-likeness (QED) is 0.717. The maximum atomic E-state index is 12.9. The SMILES string of the molecule is CC.Cc1ccc(N2CCN(C(=O)Cn3nc(C(F)(F)F)c(Cl)c3C)CC2)cc1. The molecule has 0 saturated carbocycles. The molecule has 2 aromatic rings. The number of aromatic nitrogens is 2. The molecule has 0 aliphatic carbocycles. The van der Waals surface area contributed by atoms with Crippen molar-refractivity contribution in [2.24, 2.45) is 0 Å². The van der Waals surface area contributed by atoms with Crippen LogP contribution in [0.1, 0.15) is 30.8 Å². The molecule has 2 heterocycles. The Kier molecular flexibility index (Phi) is 7.57. The Bertz CT molecular complexity index is 825. The van der Waals surface area contributed by atoms with Gasteiger partial charge in [-0.3, -0.25) is 9.48 Å². The Morgan fingerprint density at radius 2 is 1.62 bits per heavy atom. The largest absolute Gasteiger partial charge is 0.436 e. The highest BCUT2D eigenvalue weighted by atomic mass is 35.5. The number of aryl methyl sites for hydroxylation is 1. The zero-order valence-electron chi connectivity index (χ0n) is 17.1. The van der Waals surface area contributed by atoms with E-state index in [1.807, 2.05) is 45.0 Å². The van der Waals surface area contributed by atoms with Crippen molar-refractivity contribution in [3.05, 3.63) is 46.2 Å². The Labute approximate surface area is 174 Å². The first-order valence-corrected chi connectivity index (χ1v) is 9.94. The summed E-state index contributed by atoms with van der Waals surface area (Å²) in [7, 11) is 0. The number of nitrogens with zero attached hydrogens (tertiary/aromatic N) is 4. The third kappa shape index (κ3) is 5.44. The minimum Gasteiger partial charge on any atom is -0.368 e. The first-order valence-electron chi connectivity index (χ1n) is 9.56. The van der Waals surface area contributed by atoms with Crippen LogP contribution in [0.2, 0.25) is 5.02 Å². The summed E-state index contributed by atoms with van der Waals surface area (Å²) in [5.41, 5.74) is 1.26. The van der Waals surface area contributed by atoms with Crippen molar-refractivity contribution in [2.45, 2.75) is 40.4 Å². The monoisotopic (exact) mass is 430 g/mol. The molecule has 0 radical (unpaired) electrons. The molecule has 0 N–H and O–H groups in total. The number of carbonyl (C=O) groups excluding carboxylic acids is 1. The van der Waals surface area contributed by atoms with E-state index in [4.69, 9.17) is 11.6 Å². The third-order valence-corrected chi connectivity index (χ3v) is 5.17. The fourth-order valence-electron chi connectivity index (χ4n) is 3.06. The number of amides is 1. The molecule has 160 valence electrons. The number of rotatable bonds is 3. The molecule has 5 nitrogen and oxygen atoms in total. The van der Waals surface area contributed by atoms with Crippen molar-refractivity contribution >= 4 is 23.2 Å². The Balaban J connectivity index is 0.00000145. The maximum Gasteiger partial charge on any atom is 0.436 e. The van der Waals surface area contributed by atoms with Crippen LogP contribution in [-0.4, -0.2) is 46.8 Å². The summed E-state index contributed by atoms with van der Waals surface area (Å²) in [6.07, 6.45) is -4.64. The third-order valence-electron chi connectivity index (χ3n) is 4.72. The van der Waals surface area contributed by atoms with Gasteiger partial charge in [0.15, 0.2) is 5.69 Å². The Morgan fingerprint density at radius 1 is 1.07 bits per heavy atom. The highest BCUT2D eigenvalue weighted by Gasteiger charge is 2.38. The van der Waals surface area contributed by atoms with Crippen LogP contribution in [0.5, 0.6) is 0 Å². The van der Waals surface area contributed by atoms with E-state index in [0.717, 1.165) is 10.4 Å². The second kappa shape index (κ2) is 9.52. The van der Waals surface area contributed by atoms with E-state index < -0.39 is 16.9 Å². The zero-order chi connectivity index (χ0) is 21.8. The zero-order valence-corrected chi connectivity index (χ0v) is 17.8. The number of piperazine rings is 1. The molecular formula is C20H26ClF3N4O. The number of hydrogen-bond acceptors (Lipinski definition) is 3. The van der Waals surface area contributed by atoms with Gasteiger partial charge in [0.05, 0.1) is 10.7 Å². The van der Waals surface area contributed by atoms with Gasteiger partial charge < -0.3 is 9.80 Å². The lowest BCUT2D eigenvalue weighted by molar-refractivity contribution is -0.142. The molecule has 1 aliphatic heterocycles. The van der Waals surface area contributed by atoms with Gasteiger partial charge >= 0.3 is 6.18 Å². The fourth-order valence-corrected chi connectivity index (χ4v) is 3.30. The topological polar surface area (TPSA) is 41.4 Å². The normalized spacial score (nSPS) is 14.5. The van der Waals surface area contributed by atoms with E-state index in [1.54, 1.807) is 4.90 Å². The van der Waals surface area contributed by atoms with E-state index in [0.29, 0.717) is 26.2 Å². The van der Waals surface area contributed by atoms with Crippen LogP contribution in [0.25, 0.3) is 0 Å². The molecule has 3 rings (SSSR count). The molecule has 1 amide bonds. The van der Waals surface area contributed by atoms with Crippen molar-refractivity contribution in [3.63, 3.8) is 0 Å². The summed E-state index contributed by atoms with van der Waals surface area (Å²) >= 11 is 5.73. The van der Waals surface area contributed by atoms with Crippen LogP contribution in [-0.2, 0) is 17.5 Å². The van der Waals surface area contributed by atoms with Gasteiger partial charge in [-0.05, 0) is 26.0 Å². The summed E-state index contributed by atoms with van der Waals surface area (Å²) in [6, 6.07) is 8.16. The lowest BCUT2D eigenvalue weighted by atomic mass is 10.2. The van der Waals surface area contributed by atoms with Crippen molar-refractivity contribution in [1.82, 2.24) is 14.7 Å². The smallest absolute Gasteiger partial charge is 0.368 e. The minimum absolute atomic E-state index is 0.135. The van der Waals surface area contributed by atoms with Gasteiger partial charge in [-0.25, -0.2) is 0 Å². The first kappa shape index (κ1) is 23.1. The molecule has 1 fully saturated rings. The van der Waals surface area contributed by atoms with E-state index in [9.17, 15) is 18.0 Å². The average molecular weight is 431 g/mol. The summed E-state index contributed by atoms with van der Waals surface area (Å²) in [5, 5.41) is 3.03. The molecule has 0 bridgehead atoms. The lowest BCUT2D eigenvalue weighted by Gasteiger charge is -2.36. The van der Waals surface area contributed by atoms with Gasteiger partial charge in [-0.15, -0.1) is 0 Å². The van der Waals surface area contributed by atoms with Gasteiger partial charge in [0.1, 0.15) is 6.54 Å². The summed E-state index contributed by atoms with van der Waals surface area (Å²) in [4.78, 5) is 16.3. The van der Waals surface area contributed by atoms with E-state index >= 15 is 0 Å². The van der Waals surface area contributed by atoms with Gasteiger partial charge in [-0.1, -0.05) is 43.1 Å². The van der Waals surface area contributed by atoms with Gasteiger partial charge in [-0.2, -0.15) is 18.3 Å². The number of hydrogen-bond donors (Lipinski definition) is 0. The number of alkyl halides is 3. The highest BCUT2D eigenvalue weighted by Crippen LogP contribution is 2.35. The number of carbonyl (C=O) groups is 1. The van der Waals surface area contributed by atoms with Crippen LogP contribution in [0.4, 0.5) is 18.9 Å². The molecule has 0 atom stereocenters. The molecular weight excluding hydrogens is 405 g/mol. The van der Waals surface area contributed by atoms with Gasteiger partial charge in [0.2, 0.25) is 5.91 Å². The average Bonchev–Trinajstić information content (AvgIpc) is 2.99. The van der Waals surface area contributed by atoms with Crippen LogP contribution in [0.15, 0.2) is 24.3 Å². The second-order valence-corrected chi connectivity index (χ2v) is 6.98. The second-order valence-electron chi connectivity index (χ2n) is 6.61. The van der Waals surface area contributed by atoms with E-state index in [2.05, 4.69) is 10.00 Å². The summed E-state index contributed by atoms with van der Waals surface area (Å²) < 4.78 is 39.7. The molecule has 0 spiro atoms. The van der Waals surface area contributed by atoms with E-state index in [1.165, 1.54) is 12.5 Å². The highest BCUT2D eigenvalue weighted by molar-refractivity contribution is 6.32. The molecule has 9 heteroatoms. The van der Waals surface area contributed by atoms with Gasteiger partial charge in [0, 0.05) is 31.9 Å². The summed E-state index contributed by atoms with van der Waals surface area (Å²) in [6.45, 7) is 9.54. The first-order chi connectivity index (χ1) is 13.7. The van der Waals surface area contributed by atoms with Crippen LogP contribution >= 0.6 is 11.6 Å². The Morgan fingerprint density at radius 3 is 2.10 bits per heavy atom. The lowest BCUT2D eigenvalue weighted by Crippen LogP contribution is -2.49. The van der Waals surface area contributed by atoms with Crippen molar-refractivity contribution in [3.8, 4) is 0 Å². The molecule has 1 aliphatic rings. The molecule has 1 saturated heterocycles. The van der Waals surface area contributed by atoms with Crippen molar-refractivity contribution < 1.29 is 18.0 Å². The standard InChI is InChI=1S/C18H20ClF3N4O.C2H6/c1-12-3-5-14(6-4-12)24-7-9-25(10-8-24)15(27)11-26-13(2)16(19)17(23-26)18(20,21)22;1-2/h3-6H,7-11H2,1-2H3;1-2H3. The minimum atomic E-state index is -4.64. The van der Waals surface area contributed by atoms with E-state index in [-0.39, 0.29) is 18.1 Å². The molecule has 1 aromatic heterocycles. The molecule has 1 aromatic carbocycles. The molecule has 29 heavy (non-hydrogen) atoms. The Hall–Kier alpha value is -2.22. The van der Waals surface area contributed by atoms with Crippen molar-refractivity contribution in [2.75, 3.05) is 31.1 Å². The maximum absolute atomic E-state index is 12.9. The fraction of sp³-hybridized carbons (Fsp3) is 0.500. The number of halogens is 4. The van der Waals surface area contributed by atoms with Crippen LogP contribution in [0.3, 0.4) is 0 Å². The number of anilines is 1. The predicted molar refractivity (Wildman–Crippen MR) is 108 cm³/mol. The number of benzene rings is 1. The predicted octanol–water partition coefficient (Wildman–Crippen LogP) is 4.55. The van der Waals surface area contributed by atoms with Gasteiger partial charge in [0.25, 0.3) is 0 Å². The molecule has 0 unspecified atom stereocenters. The van der Waals surface area contributed by atoms with Crippen LogP contribution < -0.4 is 4.90 Å².